The van der Waals surface area contributed by atoms with Gasteiger partial charge in [0.05, 0.1) is 5.39 Å². The fourth-order valence-electron chi connectivity index (χ4n) is 1.75. The van der Waals surface area contributed by atoms with Crippen molar-refractivity contribution in [2.24, 2.45) is 0 Å². The van der Waals surface area contributed by atoms with Crippen LogP contribution in [0.25, 0.3) is 10.9 Å². The summed E-state index contributed by atoms with van der Waals surface area (Å²) in [5, 5.41) is 13.4. The van der Waals surface area contributed by atoms with Gasteiger partial charge in [0.15, 0.2) is 5.82 Å². The first-order valence-corrected chi connectivity index (χ1v) is 5.87. The second kappa shape index (κ2) is 5.12. The summed E-state index contributed by atoms with van der Waals surface area (Å²) in [6, 6.07) is 5.00. The molecule has 0 bridgehead atoms. The third kappa shape index (κ3) is 2.61. The summed E-state index contributed by atoms with van der Waals surface area (Å²) in [6.07, 6.45) is 1.30. The maximum Gasteiger partial charge on any atom is 0.278 e. The van der Waals surface area contributed by atoms with E-state index in [2.05, 4.69) is 25.3 Å². The number of hydrogen-bond donors (Lipinski definition) is 1. The van der Waals surface area contributed by atoms with Crippen molar-refractivity contribution in [1.82, 2.24) is 20.2 Å². The molecule has 2 heterocycles. The zero-order valence-corrected chi connectivity index (χ0v) is 10.5. The molecule has 0 radical (unpaired) electrons. The third-order valence-electron chi connectivity index (χ3n) is 2.68. The Bertz CT molecular complexity index is 859. The van der Waals surface area contributed by atoms with Crippen LogP contribution in [0.5, 0.6) is 0 Å². The van der Waals surface area contributed by atoms with Crippen molar-refractivity contribution in [2.45, 2.75) is 6.54 Å². The number of nitrogens with one attached hydrogen (secondary N) is 1. The number of amides is 1. The molecule has 0 saturated carbocycles. The molecule has 9 heteroatoms. The average Bonchev–Trinajstić information content (AvgIpc) is 2.94. The molecule has 0 aliphatic heterocycles. The van der Waals surface area contributed by atoms with Gasteiger partial charge < -0.3 is 9.84 Å². The van der Waals surface area contributed by atoms with Gasteiger partial charge >= 0.3 is 0 Å². The molecule has 0 atom stereocenters. The van der Waals surface area contributed by atoms with E-state index in [1.807, 2.05) is 0 Å². The van der Waals surface area contributed by atoms with Gasteiger partial charge in [0.1, 0.15) is 24.1 Å². The number of benzene rings is 1. The van der Waals surface area contributed by atoms with E-state index >= 15 is 0 Å². The van der Waals surface area contributed by atoms with Gasteiger partial charge in [0.2, 0.25) is 5.91 Å². The Morgan fingerprint density at radius 2 is 2.24 bits per heavy atom. The lowest BCUT2D eigenvalue weighted by Gasteiger charge is -2.04. The maximum atomic E-state index is 13.0. The Hall–Kier alpha value is -3.10. The molecule has 2 aromatic heterocycles. The minimum absolute atomic E-state index is 0.133. The van der Waals surface area contributed by atoms with Gasteiger partial charge in [-0.15, -0.1) is 5.10 Å². The molecule has 0 aliphatic rings. The van der Waals surface area contributed by atoms with Crippen LogP contribution in [0.2, 0.25) is 0 Å². The number of rotatable bonds is 3. The first-order chi connectivity index (χ1) is 10.1. The highest BCUT2D eigenvalue weighted by Gasteiger charge is 2.11. The van der Waals surface area contributed by atoms with Crippen LogP contribution in [-0.4, -0.2) is 26.1 Å². The van der Waals surface area contributed by atoms with Crippen molar-refractivity contribution in [1.29, 1.82) is 0 Å². The van der Waals surface area contributed by atoms with Crippen molar-refractivity contribution in [3.8, 4) is 0 Å². The van der Waals surface area contributed by atoms with Gasteiger partial charge in [-0.25, -0.2) is 9.07 Å². The predicted octanol–water partition coefficient (Wildman–Crippen LogP) is 0.557. The van der Waals surface area contributed by atoms with Gasteiger partial charge in [-0.05, 0) is 12.1 Å². The van der Waals surface area contributed by atoms with Crippen LogP contribution in [0.3, 0.4) is 0 Å². The van der Waals surface area contributed by atoms with E-state index in [4.69, 9.17) is 0 Å². The van der Waals surface area contributed by atoms with E-state index in [9.17, 15) is 14.0 Å². The molecule has 1 N–H and O–H groups in total. The number of carbonyl (C=O) groups is 1. The molecule has 21 heavy (non-hydrogen) atoms. The summed E-state index contributed by atoms with van der Waals surface area (Å²) in [6.45, 7) is -0.341. The summed E-state index contributed by atoms with van der Waals surface area (Å²) in [4.78, 5) is 23.8. The van der Waals surface area contributed by atoms with Crippen molar-refractivity contribution in [3.63, 3.8) is 0 Å². The Morgan fingerprint density at radius 3 is 3.00 bits per heavy atom. The minimum atomic E-state index is -0.532. The van der Waals surface area contributed by atoms with Crippen molar-refractivity contribution < 1.29 is 13.7 Å². The van der Waals surface area contributed by atoms with Crippen molar-refractivity contribution >= 4 is 22.6 Å². The smallest absolute Gasteiger partial charge is 0.278 e. The quantitative estimate of drug-likeness (QED) is 0.755. The first-order valence-electron chi connectivity index (χ1n) is 5.87. The number of hydrogen-bond acceptors (Lipinski definition) is 6. The largest absolute Gasteiger partial charge is 0.363 e. The Labute approximate surface area is 116 Å². The lowest BCUT2D eigenvalue weighted by atomic mass is 10.2. The van der Waals surface area contributed by atoms with Gasteiger partial charge in [0, 0.05) is 12.1 Å². The van der Waals surface area contributed by atoms with Crippen LogP contribution in [0.4, 0.5) is 10.2 Å². The molecule has 8 nitrogen and oxygen atoms in total. The van der Waals surface area contributed by atoms with E-state index in [0.29, 0.717) is 0 Å². The van der Waals surface area contributed by atoms with E-state index < -0.39 is 17.3 Å². The molecule has 0 fully saturated rings. The Balaban J connectivity index is 1.87. The van der Waals surface area contributed by atoms with Crippen LogP contribution >= 0.6 is 0 Å². The number of nitrogens with zero attached hydrogens (tertiary/aromatic N) is 4. The number of anilines is 1. The highest BCUT2D eigenvalue weighted by atomic mass is 19.1. The molecule has 1 aromatic carbocycles. The zero-order valence-electron chi connectivity index (χ0n) is 10.5. The SMILES string of the molecule is O=C(Cn1nnc2cc(F)ccc2c1=O)Nc1ccon1. The number of carbonyl (C=O) groups excluding carboxylic acids is 1. The number of aromatic nitrogens is 4. The fourth-order valence-corrected chi connectivity index (χ4v) is 1.75. The lowest BCUT2D eigenvalue weighted by Crippen LogP contribution is -2.30. The van der Waals surface area contributed by atoms with E-state index in [1.54, 1.807) is 0 Å². The minimum Gasteiger partial charge on any atom is -0.363 e. The van der Waals surface area contributed by atoms with E-state index in [-0.39, 0.29) is 23.3 Å². The molecule has 106 valence electrons. The van der Waals surface area contributed by atoms with Crippen molar-refractivity contribution in [2.75, 3.05) is 5.32 Å². The van der Waals surface area contributed by atoms with Crippen LogP contribution in [0.1, 0.15) is 0 Å². The van der Waals surface area contributed by atoms with Crippen LogP contribution in [-0.2, 0) is 11.3 Å². The first kappa shape index (κ1) is 12.9. The topological polar surface area (TPSA) is 103 Å². The molecule has 0 unspecified atom stereocenters. The number of halogens is 1. The summed E-state index contributed by atoms with van der Waals surface area (Å²) >= 11 is 0. The molecular weight excluding hydrogens is 281 g/mol. The zero-order chi connectivity index (χ0) is 14.8. The second-order valence-corrected chi connectivity index (χ2v) is 4.15. The summed E-state index contributed by atoms with van der Waals surface area (Å²) in [7, 11) is 0. The highest BCUT2D eigenvalue weighted by Crippen LogP contribution is 2.07. The molecular formula is C12H8FN5O3. The lowest BCUT2D eigenvalue weighted by molar-refractivity contribution is -0.117. The van der Waals surface area contributed by atoms with Gasteiger partial charge in [-0.2, -0.15) is 0 Å². The summed E-state index contributed by atoms with van der Waals surface area (Å²) in [5.41, 5.74) is -0.400. The summed E-state index contributed by atoms with van der Waals surface area (Å²) in [5.74, 6) is -0.802. The molecule has 0 spiro atoms. The van der Waals surface area contributed by atoms with E-state index in [0.717, 1.165) is 16.8 Å². The second-order valence-electron chi connectivity index (χ2n) is 4.15. The standard InChI is InChI=1S/C12H8FN5O3/c13-7-1-2-8-9(5-7)15-17-18(12(8)20)6-11(19)14-10-3-4-21-16-10/h1-5H,6H2,(H,14,16,19). The normalized spacial score (nSPS) is 10.7. The number of fused-ring (bicyclic) bond motifs is 1. The Morgan fingerprint density at radius 1 is 1.38 bits per heavy atom. The maximum absolute atomic E-state index is 13.0. The third-order valence-corrected chi connectivity index (χ3v) is 2.68. The molecule has 1 amide bonds. The van der Waals surface area contributed by atoms with Crippen LogP contribution < -0.4 is 10.9 Å². The predicted molar refractivity (Wildman–Crippen MR) is 68.9 cm³/mol. The average molecular weight is 289 g/mol. The molecule has 3 rings (SSSR count). The Kier molecular flexibility index (Phi) is 3.14. The molecule has 0 aliphatic carbocycles. The molecule has 3 aromatic rings. The van der Waals surface area contributed by atoms with Gasteiger partial charge in [0.25, 0.3) is 5.56 Å². The highest BCUT2D eigenvalue weighted by molar-refractivity contribution is 5.89. The fraction of sp³-hybridized carbons (Fsp3) is 0.0833. The van der Waals surface area contributed by atoms with Gasteiger partial charge in [-0.1, -0.05) is 10.4 Å². The van der Waals surface area contributed by atoms with E-state index in [1.165, 1.54) is 18.4 Å². The van der Waals surface area contributed by atoms with Crippen LogP contribution in [0.15, 0.2) is 39.8 Å². The molecule has 0 saturated heterocycles. The van der Waals surface area contributed by atoms with Crippen LogP contribution in [0, 0.1) is 5.82 Å². The monoisotopic (exact) mass is 289 g/mol. The van der Waals surface area contributed by atoms with Gasteiger partial charge in [-0.3, -0.25) is 9.59 Å². The summed E-state index contributed by atoms with van der Waals surface area (Å²) < 4.78 is 18.5. The van der Waals surface area contributed by atoms with Crippen molar-refractivity contribution in [3.05, 3.63) is 46.7 Å².